The highest BCUT2D eigenvalue weighted by atomic mass is 15.2. The fourth-order valence-electron chi connectivity index (χ4n) is 2.35. The van der Waals surface area contributed by atoms with Crippen LogP contribution in [-0.2, 0) is 0 Å². The molecule has 1 aliphatic heterocycles. The molecule has 0 aliphatic carbocycles. The van der Waals surface area contributed by atoms with Crippen LogP contribution in [0.1, 0.15) is 33.1 Å². The Morgan fingerprint density at radius 2 is 2.00 bits per heavy atom. The van der Waals surface area contributed by atoms with Crippen molar-refractivity contribution in [3.8, 4) is 0 Å². The predicted octanol–water partition coefficient (Wildman–Crippen LogP) is 1.40. The summed E-state index contributed by atoms with van der Waals surface area (Å²) in [4.78, 5) is 4.89. The van der Waals surface area contributed by atoms with Crippen LogP contribution in [0, 0.1) is 0 Å². The molecule has 0 bridgehead atoms. The summed E-state index contributed by atoms with van der Waals surface area (Å²) in [5.41, 5.74) is 0. The molecule has 1 atom stereocenters. The van der Waals surface area contributed by atoms with Gasteiger partial charge >= 0.3 is 0 Å². The van der Waals surface area contributed by atoms with E-state index in [-0.39, 0.29) is 0 Å². The molecule has 3 heteroatoms. The molecule has 1 fully saturated rings. The Morgan fingerprint density at radius 3 is 2.50 bits per heavy atom. The van der Waals surface area contributed by atoms with Gasteiger partial charge in [0, 0.05) is 18.6 Å². The zero-order valence-corrected chi connectivity index (χ0v) is 11.5. The third-order valence-electron chi connectivity index (χ3n) is 3.40. The molecule has 1 aliphatic rings. The lowest BCUT2D eigenvalue weighted by atomic mass is 10.2. The minimum absolute atomic E-state index is 0.671. The van der Waals surface area contributed by atoms with Gasteiger partial charge in [-0.2, -0.15) is 0 Å². The van der Waals surface area contributed by atoms with E-state index < -0.39 is 0 Å². The third kappa shape index (κ3) is 5.28. The molecule has 96 valence electrons. The lowest BCUT2D eigenvalue weighted by Gasteiger charge is -2.29. The maximum Gasteiger partial charge on any atom is 0.0195 e. The standard InChI is InChI=1S/C13H29N3/c1-12(2)16(10-6-9-15(3)4)11-13-7-5-8-14-13/h12-14H,5-11H2,1-4H3. The Bertz CT molecular complexity index is 174. The van der Waals surface area contributed by atoms with E-state index in [1.807, 2.05) is 0 Å². The third-order valence-corrected chi connectivity index (χ3v) is 3.40. The van der Waals surface area contributed by atoms with Crippen molar-refractivity contribution < 1.29 is 0 Å². The van der Waals surface area contributed by atoms with E-state index in [9.17, 15) is 0 Å². The van der Waals surface area contributed by atoms with E-state index in [4.69, 9.17) is 0 Å². The second-order valence-electron chi connectivity index (χ2n) is 5.54. The van der Waals surface area contributed by atoms with E-state index in [1.54, 1.807) is 0 Å². The van der Waals surface area contributed by atoms with Gasteiger partial charge in [-0.25, -0.2) is 0 Å². The van der Waals surface area contributed by atoms with Gasteiger partial charge in [-0.1, -0.05) is 0 Å². The molecule has 1 rings (SSSR count). The minimum Gasteiger partial charge on any atom is -0.313 e. The molecule has 1 heterocycles. The van der Waals surface area contributed by atoms with Gasteiger partial charge < -0.3 is 10.2 Å². The largest absolute Gasteiger partial charge is 0.313 e. The SMILES string of the molecule is CC(C)N(CCCN(C)C)CC1CCCN1. The van der Waals surface area contributed by atoms with Crippen molar-refractivity contribution in [2.75, 3.05) is 40.3 Å². The summed E-state index contributed by atoms with van der Waals surface area (Å²) in [7, 11) is 4.30. The van der Waals surface area contributed by atoms with E-state index in [0.29, 0.717) is 6.04 Å². The quantitative estimate of drug-likeness (QED) is 0.709. The highest BCUT2D eigenvalue weighted by molar-refractivity contribution is 4.79. The molecular formula is C13H29N3. The first kappa shape index (κ1) is 13.9. The van der Waals surface area contributed by atoms with Crippen molar-refractivity contribution in [1.82, 2.24) is 15.1 Å². The van der Waals surface area contributed by atoms with E-state index >= 15 is 0 Å². The Morgan fingerprint density at radius 1 is 1.25 bits per heavy atom. The van der Waals surface area contributed by atoms with Crippen LogP contribution in [0.2, 0.25) is 0 Å². The summed E-state index contributed by atoms with van der Waals surface area (Å²) in [6.07, 6.45) is 3.99. The van der Waals surface area contributed by atoms with Crippen LogP contribution in [0.3, 0.4) is 0 Å². The van der Waals surface area contributed by atoms with Crippen LogP contribution in [0.25, 0.3) is 0 Å². The topological polar surface area (TPSA) is 18.5 Å². The summed E-state index contributed by atoms with van der Waals surface area (Å²) in [6.45, 7) is 9.49. The Balaban J connectivity index is 2.23. The predicted molar refractivity (Wildman–Crippen MR) is 70.9 cm³/mol. The van der Waals surface area contributed by atoms with Crippen molar-refractivity contribution in [3.63, 3.8) is 0 Å². The van der Waals surface area contributed by atoms with Gasteiger partial charge in [-0.3, -0.25) is 4.90 Å². The summed E-state index contributed by atoms with van der Waals surface area (Å²) in [5.74, 6) is 0. The molecule has 1 saturated heterocycles. The molecule has 0 amide bonds. The van der Waals surface area contributed by atoms with Crippen molar-refractivity contribution in [3.05, 3.63) is 0 Å². The second-order valence-corrected chi connectivity index (χ2v) is 5.54. The van der Waals surface area contributed by atoms with Gasteiger partial charge in [0.15, 0.2) is 0 Å². The summed E-state index contributed by atoms with van der Waals surface area (Å²) in [5, 5.41) is 3.59. The maximum absolute atomic E-state index is 3.59. The molecule has 0 aromatic carbocycles. The number of nitrogens with one attached hydrogen (secondary N) is 1. The van der Waals surface area contributed by atoms with Crippen molar-refractivity contribution in [1.29, 1.82) is 0 Å². The first-order chi connectivity index (χ1) is 7.59. The van der Waals surface area contributed by atoms with Crippen molar-refractivity contribution >= 4 is 0 Å². The lowest BCUT2D eigenvalue weighted by Crippen LogP contribution is -2.42. The Hall–Kier alpha value is -0.120. The number of hydrogen-bond donors (Lipinski definition) is 1. The van der Waals surface area contributed by atoms with Gasteiger partial charge in [-0.15, -0.1) is 0 Å². The fraction of sp³-hybridized carbons (Fsp3) is 1.00. The maximum atomic E-state index is 3.59. The molecule has 0 aromatic rings. The van der Waals surface area contributed by atoms with Crippen LogP contribution >= 0.6 is 0 Å². The van der Waals surface area contributed by atoms with E-state index in [2.05, 4.69) is 43.1 Å². The number of hydrogen-bond acceptors (Lipinski definition) is 3. The van der Waals surface area contributed by atoms with Crippen LogP contribution in [0.4, 0.5) is 0 Å². The highest BCUT2D eigenvalue weighted by Gasteiger charge is 2.19. The average Bonchev–Trinajstić information content (AvgIpc) is 2.68. The highest BCUT2D eigenvalue weighted by Crippen LogP contribution is 2.09. The molecule has 0 radical (unpaired) electrons. The summed E-state index contributed by atoms with van der Waals surface area (Å²) in [6, 6.07) is 1.41. The molecule has 16 heavy (non-hydrogen) atoms. The van der Waals surface area contributed by atoms with Crippen LogP contribution < -0.4 is 5.32 Å². The lowest BCUT2D eigenvalue weighted by molar-refractivity contribution is 0.193. The smallest absolute Gasteiger partial charge is 0.0195 e. The molecule has 3 nitrogen and oxygen atoms in total. The van der Waals surface area contributed by atoms with Crippen molar-refractivity contribution in [2.24, 2.45) is 0 Å². The van der Waals surface area contributed by atoms with Gasteiger partial charge in [0.2, 0.25) is 0 Å². The Labute approximate surface area is 101 Å². The molecular weight excluding hydrogens is 198 g/mol. The molecule has 1 N–H and O–H groups in total. The van der Waals surface area contributed by atoms with Crippen LogP contribution in [0.15, 0.2) is 0 Å². The average molecular weight is 227 g/mol. The summed E-state index contributed by atoms with van der Waals surface area (Å²) < 4.78 is 0. The molecule has 0 saturated carbocycles. The first-order valence-corrected chi connectivity index (χ1v) is 6.71. The van der Waals surface area contributed by atoms with Gasteiger partial charge in [-0.05, 0) is 66.8 Å². The number of nitrogens with zero attached hydrogens (tertiary/aromatic N) is 2. The van der Waals surface area contributed by atoms with Crippen molar-refractivity contribution in [2.45, 2.75) is 45.2 Å². The second kappa shape index (κ2) is 7.25. The molecule has 0 aromatic heterocycles. The van der Waals surface area contributed by atoms with Crippen LogP contribution in [-0.4, -0.2) is 62.2 Å². The van der Waals surface area contributed by atoms with Gasteiger partial charge in [0.05, 0.1) is 0 Å². The minimum atomic E-state index is 0.671. The van der Waals surface area contributed by atoms with E-state index in [0.717, 1.165) is 6.04 Å². The first-order valence-electron chi connectivity index (χ1n) is 6.71. The molecule has 0 spiro atoms. The van der Waals surface area contributed by atoms with Gasteiger partial charge in [0.25, 0.3) is 0 Å². The molecule has 1 unspecified atom stereocenters. The van der Waals surface area contributed by atoms with E-state index in [1.165, 1.54) is 45.4 Å². The zero-order chi connectivity index (χ0) is 12.0. The van der Waals surface area contributed by atoms with Gasteiger partial charge in [0.1, 0.15) is 0 Å². The fourth-order valence-corrected chi connectivity index (χ4v) is 2.35. The normalized spacial score (nSPS) is 21.6. The zero-order valence-electron chi connectivity index (χ0n) is 11.5. The van der Waals surface area contributed by atoms with Crippen LogP contribution in [0.5, 0.6) is 0 Å². The number of rotatable bonds is 7. The summed E-state index contributed by atoms with van der Waals surface area (Å²) >= 11 is 0. The Kier molecular flexibility index (Phi) is 6.32. The monoisotopic (exact) mass is 227 g/mol.